The maximum Gasteiger partial charge on any atom is 0.513 e. The van der Waals surface area contributed by atoms with Gasteiger partial charge in [0.25, 0.3) is 0 Å². The van der Waals surface area contributed by atoms with Crippen molar-refractivity contribution in [2.24, 2.45) is 0 Å². The normalized spacial score (nSPS) is 10.3. The van der Waals surface area contributed by atoms with Crippen LogP contribution >= 0.6 is 0 Å². The molecule has 6 heteroatoms. The van der Waals surface area contributed by atoms with Crippen molar-refractivity contribution in [2.45, 2.75) is 52.4 Å². The van der Waals surface area contributed by atoms with Gasteiger partial charge in [0.05, 0.1) is 18.8 Å². The lowest BCUT2D eigenvalue weighted by molar-refractivity contribution is 0.0734. The first kappa shape index (κ1) is 23.3. The van der Waals surface area contributed by atoms with Crippen LogP contribution in [0.15, 0.2) is 48.5 Å². The molecule has 162 valence electrons. The van der Waals surface area contributed by atoms with E-state index in [-0.39, 0.29) is 0 Å². The number of rotatable bonds is 12. The lowest BCUT2D eigenvalue weighted by Crippen LogP contribution is -2.12. The van der Waals surface area contributed by atoms with Crippen molar-refractivity contribution in [2.75, 3.05) is 13.2 Å². The van der Waals surface area contributed by atoms with E-state index in [1.54, 1.807) is 24.3 Å². The van der Waals surface area contributed by atoms with Gasteiger partial charge in [-0.1, -0.05) is 39.5 Å². The van der Waals surface area contributed by atoms with Gasteiger partial charge in [0.2, 0.25) is 0 Å². The van der Waals surface area contributed by atoms with E-state index in [1.165, 1.54) is 37.1 Å². The summed E-state index contributed by atoms with van der Waals surface area (Å²) in [5, 5.41) is 0. The second kappa shape index (κ2) is 13.2. The SMILES string of the molecule is CCCCCCOc1ccc(OC(=O)c2ccc(OC(=O)OCCCC)cc2)cc1. The maximum atomic E-state index is 12.3. The van der Waals surface area contributed by atoms with E-state index in [2.05, 4.69) is 6.92 Å². The predicted octanol–water partition coefficient (Wildman–Crippen LogP) is 6.18. The Morgan fingerprint density at radius 1 is 0.667 bits per heavy atom. The molecule has 0 amide bonds. The van der Waals surface area contributed by atoms with Crippen LogP contribution in [0.3, 0.4) is 0 Å². The standard InChI is InChI=1S/C24H30O6/c1-3-5-7-8-18-27-20-13-15-21(16-14-20)29-23(25)19-9-11-22(12-10-19)30-24(26)28-17-6-4-2/h9-16H,3-8,17-18H2,1-2H3. The first-order chi connectivity index (χ1) is 14.6. The molecular weight excluding hydrogens is 384 g/mol. The van der Waals surface area contributed by atoms with E-state index in [0.717, 1.165) is 31.4 Å². The quantitative estimate of drug-likeness (QED) is 0.179. The monoisotopic (exact) mass is 414 g/mol. The molecule has 0 aliphatic rings. The van der Waals surface area contributed by atoms with Crippen molar-refractivity contribution in [3.05, 3.63) is 54.1 Å². The van der Waals surface area contributed by atoms with Crippen molar-refractivity contribution in [1.82, 2.24) is 0 Å². The Morgan fingerprint density at radius 2 is 1.27 bits per heavy atom. The Kier molecular flexibility index (Phi) is 10.3. The van der Waals surface area contributed by atoms with Crippen LogP contribution in [0.5, 0.6) is 17.2 Å². The second-order valence-corrected chi connectivity index (χ2v) is 6.85. The van der Waals surface area contributed by atoms with Gasteiger partial charge < -0.3 is 18.9 Å². The van der Waals surface area contributed by atoms with Crippen molar-refractivity contribution in [3.8, 4) is 17.2 Å². The Labute approximate surface area is 178 Å². The van der Waals surface area contributed by atoms with Crippen molar-refractivity contribution >= 4 is 12.1 Å². The molecule has 2 rings (SSSR count). The lowest BCUT2D eigenvalue weighted by atomic mass is 10.2. The average molecular weight is 414 g/mol. The van der Waals surface area contributed by atoms with Crippen LogP contribution in [-0.4, -0.2) is 25.3 Å². The highest BCUT2D eigenvalue weighted by Gasteiger charge is 2.11. The number of hydrogen-bond acceptors (Lipinski definition) is 6. The van der Waals surface area contributed by atoms with Gasteiger partial charge in [-0.3, -0.25) is 0 Å². The van der Waals surface area contributed by atoms with Crippen LogP contribution in [0.2, 0.25) is 0 Å². The van der Waals surface area contributed by atoms with Gasteiger partial charge in [-0.2, -0.15) is 0 Å². The molecule has 0 spiro atoms. The van der Waals surface area contributed by atoms with Gasteiger partial charge in [0.15, 0.2) is 0 Å². The van der Waals surface area contributed by atoms with Gasteiger partial charge in [-0.25, -0.2) is 9.59 Å². The number of esters is 1. The Bertz CT molecular complexity index is 767. The molecule has 30 heavy (non-hydrogen) atoms. The molecule has 0 fully saturated rings. The lowest BCUT2D eigenvalue weighted by Gasteiger charge is -2.08. The molecule has 2 aromatic rings. The average Bonchev–Trinajstić information content (AvgIpc) is 2.75. The second-order valence-electron chi connectivity index (χ2n) is 6.85. The fourth-order valence-electron chi connectivity index (χ4n) is 2.57. The summed E-state index contributed by atoms with van der Waals surface area (Å²) in [5.74, 6) is 0.977. The van der Waals surface area contributed by atoms with E-state index < -0.39 is 12.1 Å². The zero-order chi connectivity index (χ0) is 21.6. The zero-order valence-corrected chi connectivity index (χ0v) is 17.7. The summed E-state index contributed by atoms with van der Waals surface area (Å²) < 4.78 is 21.0. The third-order valence-corrected chi connectivity index (χ3v) is 4.31. The van der Waals surface area contributed by atoms with Crippen molar-refractivity contribution < 1.29 is 28.5 Å². The molecule has 0 aliphatic carbocycles. The van der Waals surface area contributed by atoms with Gasteiger partial charge in [-0.15, -0.1) is 0 Å². The van der Waals surface area contributed by atoms with Crippen LogP contribution in [0.4, 0.5) is 4.79 Å². The minimum Gasteiger partial charge on any atom is -0.494 e. The van der Waals surface area contributed by atoms with E-state index in [0.29, 0.717) is 30.3 Å². The molecule has 0 aliphatic heterocycles. The first-order valence-corrected chi connectivity index (χ1v) is 10.5. The van der Waals surface area contributed by atoms with E-state index >= 15 is 0 Å². The van der Waals surface area contributed by atoms with E-state index in [4.69, 9.17) is 18.9 Å². The van der Waals surface area contributed by atoms with Crippen LogP contribution in [0, 0.1) is 0 Å². The molecule has 0 aromatic heterocycles. The number of carbonyl (C=O) groups excluding carboxylic acids is 2. The summed E-state index contributed by atoms with van der Waals surface area (Å²) in [6, 6.07) is 13.1. The molecule has 2 aromatic carbocycles. The molecule has 6 nitrogen and oxygen atoms in total. The fourth-order valence-corrected chi connectivity index (χ4v) is 2.57. The highest BCUT2D eigenvalue weighted by Crippen LogP contribution is 2.20. The van der Waals surface area contributed by atoms with Crippen LogP contribution < -0.4 is 14.2 Å². The van der Waals surface area contributed by atoms with E-state index in [9.17, 15) is 9.59 Å². The minimum absolute atomic E-state index is 0.300. The van der Waals surface area contributed by atoms with Crippen LogP contribution in [-0.2, 0) is 4.74 Å². The highest BCUT2D eigenvalue weighted by atomic mass is 16.7. The number of benzene rings is 2. The molecular formula is C24H30O6. The summed E-state index contributed by atoms with van der Waals surface area (Å²) >= 11 is 0. The van der Waals surface area contributed by atoms with Crippen LogP contribution in [0.25, 0.3) is 0 Å². The number of carbonyl (C=O) groups is 2. The molecule has 0 saturated heterocycles. The van der Waals surface area contributed by atoms with Crippen molar-refractivity contribution in [1.29, 1.82) is 0 Å². The third-order valence-electron chi connectivity index (χ3n) is 4.31. The summed E-state index contributed by atoms with van der Waals surface area (Å²) in [7, 11) is 0. The maximum absolute atomic E-state index is 12.3. The minimum atomic E-state index is -0.758. The number of ether oxygens (including phenoxy) is 4. The van der Waals surface area contributed by atoms with Crippen LogP contribution in [0.1, 0.15) is 62.7 Å². The first-order valence-electron chi connectivity index (χ1n) is 10.5. The summed E-state index contributed by atoms with van der Waals surface area (Å²) in [6.45, 7) is 5.18. The molecule has 0 unspecified atom stereocenters. The molecule has 0 N–H and O–H groups in total. The Hall–Kier alpha value is -3.02. The highest BCUT2D eigenvalue weighted by molar-refractivity contribution is 5.91. The molecule has 0 bridgehead atoms. The zero-order valence-electron chi connectivity index (χ0n) is 17.7. The molecule has 0 radical (unpaired) electrons. The summed E-state index contributed by atoms with van der Waals surface area (Å²) in [6.07, 6.45) is 5.56. The number of hydrogen-bond donors (Lipinski definition) is 0. The number of unbranched alkanes of at least 4 members (excludes halogenated alkanes) is 4. The molecule has 0 heterocycles. The van der Waals surface area contributed by atoms with E-state index in [1.807, 2.05) is 6.92 Å². The van der Waals surface area contributed by atoms with Gasteiger partial charge in [-0.05, 0) is 61.4 Å². The smallest absolute Gasteiger partial charge is 0.494 e. The summed E-state index contributed by atoms with van der Waals surface area (Å²) in [4.78, 5) is 23.8. The molecule has 0 saturated carbocycles. The van der Waals surface area contributed by atoms with Gasteiger partial charge in [0, 0.05) is 0 Å². The van der Waals surface area contributed by atoms with Gasteiger partial charge >= 0.3 is 12.1 Å². The fraction of sp³-hybridized carbons (Fsp3) is 0.417. The topological polar surface area (TPSA) is 71.1 Å². The Balaban J connectivity index is 1.79. The molecule has 0 atom stereocenters. The van der Waals surface area contributed by atoms with Gasteiger partial charge in [0.1, 0.15) is 17.2 Å². The largest absolute Gasteiger partial charge is 0.513 e. The summed E-state index contributed by atoms with van der Waals surface area (Å²) in [5.41, 5.74) is 0.345. The van der Waals surface area contributed by atoms with Crippen molar-refractivity contribution in [3.63, 3.8) is 0 Å². The predicted molar refractivity (Wildman–Crippen MR) is 114 cm³/mol. The third kappa shape index (κ3) is 8.55. The Morgan fingerprint density at radius 3 is 1.93 bits per heavy atom.